The Bertz CT molecular complexity index is 422. The van der Waals surface area contributed by atoms with Gasteiger partial charge in [0.2, 0.25) is 0 Å². The third-order valence-electron chi connectivity index (χ3n) is 2.98. The molecule has 86 valence electrons. The topological polar surface area (TPSA) is 62.2 Å². The van der Waals surface area contributed by atoms with Gasteiger partial charge in [0.1, 0.15) is 9.88 Å². The van der Waals surface area contributed by atoms with Gasteiger partial charge in [0, 0.05) is 18.5 Å². The molecular formula is C11H14N2O2S. The molecule has 2 aliphatic rings. The second-order valence-electron chi connectivity index (χ2n) is 4.56. The van der Waals surface area contributed by atoms with Crippen molar-refractivity contribution in [3.63, 3.8) is 0 Å². The Kier molecular flexibility index (Phi) is 2.44. The van der Waals surface area contributed by atoms with Crippen molar-refractivity contribution in [1.82, 2.24) is 10.3 Å². The first-order valence-corrected chi connectivity index (χ1v) is 6.52. The van der Waals surface area contributed by atoms with Crippen LogP contribution in [0.4, 0.5) is 0 Å². The van der Waals surface area contributed by atoms with Gasteiger partial charge in [-0.25, -0.2) is 9.78 Å². The maximum absolute atomic E-state index is 11.1. The Hall–Kier alpha value is -0.940. The summed E-state index contributed by atoms with van der Waals surface area (Å²) >= 11 is 1.33. The van der Waals surface area contributed by atoms with E-state index in [1.807, 2.05) is 0 Å². The highest BCUT2D eigenvalue weighted by Crippen LogP contribution is 2.42. The van der Waals surface area contributed by atoms with Crippen LogP contribution < -0.4 is 5.32 Å². The fourth-order valence-electron chi connectivity index (χ4n) is 1.76. The number of carboxylic acids is 1. The molecule has 5 heteroatoms. The van der Waals surface area contributed by atoms with Gasteiger partial charge in [-0.05, 0) is 25.7 Å². The summed E-state index contributed by atoms with van der Waals surface area (Å²) in [4.78, 5) is 16.0. The third kappa shape index (κ3) is 2.10. The minimum Gasteiger partial charge on any atom is -0.477 e. The van der Waals surface area contributed by atoms with Crippen molar-refractivity contribution < 1.29 is 9.90 Å². The van der Waals surface area contributed by atoms with Crippen LogP contribution in [0.5, 0.6) is 0 Å². The number of carboxylic acid groups (broad SMARTS) is 1. The first-order chi connectivity index (χ1) is 7.74. The number of hydrogen-bond acceptors (Lipinski definition) is 4. The van der Waals surface area contributed by atoms with E-state index in [0.717, 1.165) is 30.1 Å². The smallest absolute Gasteiger partial charge is 0.347 e. The van der Waals surface area contributed by atoms with Gasteiger partial charge in [-0.1, -0.05) is 0 Å². The van der Waals surface area contributed by atoms with Crippen LogP contribution in [-0.4, -0.2) is 22.1 Å². The van der Waals surface area contributed by atoms with Crippen LogP contribution in [0.2, 0.25) is 0 Å². The summed E-state index contributed by atoms with van der Waals surface area (Å²) in [5, 5.41) is 13.4. The van der Waals surface area contributed by atoms with Crippen molar-refractivity contribution >= 4 is 17.3 Å². The van der Waals surface area contributed by atoms with Crippen LogP contribution in [0.3, 0.4) is 0 Å². The Morgan fingerprint density at radius 1 is 1.44 bits per heavy atom. The summed E-state index contributed by atoms with van der Waals surface area (Å²) in [5.74, 6) is -0.408. The molecular weight excluding hydrogens is 224 g/mol. The first-order valence-electron chi connectivity index (χ1n) is 5.70. The second kappa shape index (κ2) is 3.82. The van der Waals surface area contributed by atoms with Crippen molar-refractivity contribution in [3.05, 3.63) is 15.6 Å². The highest BCUT2D eigenvalue weighted by Gasteiger charge is 2.32. The standard InChI is InChI=1S/C11H14N2O2S/c14-11(15)10-9(6-1-2-6)13-8(16-10)5-12-7-3-4-7/h6-7,12H,1-5H2,(H,14,15). The van der Waals surface area contributed by atoms with E-state index in [2.05, 4.69) is 10.3 Å². The van der Waals surface area contributed by atoms with Gasteiger partial charge < -0.3 is 10.4 Å². The summed E-state index contributed by atoms with van der Waals surface area (Å²) in [6.45, 7) is 0.725. The Balaban J connectivity index is 1.76. The molecule has 0 unspecified atom stereocenters. The minimum atomic E-state index is -0.822. The number of carbonyl (C=O) groups is 1. The summed E-state index contributed by atoms with van der Waals surface area (Å²) < 4.78 is 0. The average molecular weight is 238 g/mol. The number of nitrogens with zero attached hydrogens (tertiary/aromatic N) is 1. The highest BCUT2D eigenvalue weighted by molar-refractivity contribution is 7.13. The molecule has 2 fully saturated rings. The van der Waals surface area contributed by atoms with Crippen molar-refractivity contribution in [2.75, 3.05) is 0 Å². The molecule has 2 aliphatic carbocycles. The molecule has 4 nitrogen and oxygen atoms in total. The van der Waals surface area contributed by atoms with E-state index in [1.165, 1.54) is 24.2 Å². The van der Waals surface area contributed by atoms with E-state index in [9.17, 15) is 4.79 Å². The molecule has 1 heterocycles. The van der Waals surface area contributed by atoms with E-state index in [4.69, 9.17) is 5.11 Å². The van der Waals surface area contributed by atoms with Crippen molar-refractivity contribution in [1.29, 1.82) is 0 Å². The number of hydrogen-bond donors (Lipinski definition) is 2. The van der Waals surface area contributed by atoms with Crippen LogP contribution in [0, 0.1) is 0 Å². The van der Waals surface area contributed by atoms with Crippen LogP contribution in [0.25, 0.3) is 0 Å². The number of nitrogens with one attached hydrogen (secondary N) is 1. The van der Waals surface area contributed by atoms with Gasteiger partial charge in [0.15, 0.2) is 0 Å². The maximum Gasteiger partial charge on any atom is 0.347 e. The molecule has 2 N–H and O–H groups in total. The number of aromatic nitrogens is 1. The average Bonchev–Trinajstić information content (AvgIpc) is 3.14. The molecule has 16 heavy (non-hydrogen) atoms. The van der Waals surface area contributed by atoms with Crippen LogP contribution in [0.15, 0.2) is 0 Å². The van der Waals surface area contributed by atoms with Crippen molar-refractivity contribution in [2.45, 2.75) is 44.2 Å². The van der Waals surface area contributed by atoms with Crippen molar-refractivity contribution in [3.8, 4) is 0 Å². The lowest BCUT2D eigenvalue weighted by Crippen LogP contribution is -2.14. The third-order valence-corrected chi connectivity index (χ3v) is 4.03. The predicted octanol–water partition coefficient (Wildman–Crippen LogP) is 1.97. The fraction of sp³-hybridized carbons (Fsp3) is 0.636. The van der Waals surface area contributed by atoms with Crippen molar-refractivity contribution in [2.24, 2.45) is 0 Å². The molecule has 0 amide bonds. The molecule has 2 saturated carbocycles. The van der Waals surface area contributed by atoms with Gasteiger partial charge in [-0.3, -0.25) is 0 Å². The Morgan fingerprint density at radius 2 is 2.19 bits per heavy atom. The van der Waals surface area contributed by atoms with Crippen LogP contribution in [0.1, 0.15) is 52.0 Å². The second-order valence-corrected chi connectivity index (χ2v) is 5.64. The lowest BCUT2D eigenvalue weighted by molar-refractivity contribution is 0.0700. The summed E-state index contributed by atoms with van der Waals surface area (Å²) in [6, 6.07) is 0.640. The molecule has 0 saturated heterocycles. The van der Waals surface area contributed by atoms with Gasteiger partial charge in [-0.2, -0.15) is 0 Å². The minimum absolute atomic E-state index is 0.414. The zero-order valence-electron chi connectivity index (χ0n) is 8.90. The zero-order valence-corrected chi connectivity index (χ0v) is 9.72. The van der Waals surface area contributed by atoms with Gasteiger partial charge in [-0.15, -0.1) is 11.3 Å². The molecule has 0 aliphatic heterocycles. The largest absolute Gasteiger partial charge is 0.477 e. The summed E-state index contributed by atoms with van der Waals surface area (Å²) in [5.41, 5.74) is 0.824. The van der Waals surface area contributed by atoms with Gasteiger partial charge in [0.25, 0.3) is 0 Å². The fourth-order valence-corrected chi connectivity index (χ4v) is 2.70. The molecule has 3 rings (SSSR count). The Morgan fingerprint density at radius 3 is 2.75 bits per heavy atom. The quantitative estimate of drug-likeness (QED) is 0.823. The first kappa shape index (κ1) is 10.2. The van der Waals surface area contributed by atoms with Gasteiger partial charge in [0.05, 0.1) is 5.69 Å². The zero-order chi connectivity index (χ0) is 11.1. The number of thiazole rings is 1. The van der Waals surface area contributed by atoms with Crippen LogP contribution in [-0.2, 0) is 6.54 Å². The lowest BCUT2D eigenvalue weighted by atomic mass is 10.2. The molecule has 0 atom stereocenters. The molecule has 1 aromatic rings. The molecule has 0 bridgehead atoms. The normalized spacial score (nSPS) is 20.0. The summed E-state index contributed by atoms with van der Waals surface area (Å²) in [6.07, 6.45) is 4.68. The SMILES string of the molecule is O=C(O)c1sc(CNC2CC2)nc1C1CC1. The maximum atomic E-state index is 11.1. The number of rotatable bonds is 5. The van der Waals surface area contributed by atoms with E-state index in [-0.39, 0.29) is 0 Å². The highest BCUT2D eigenvalue weighted by atomic mass is 32.1. The monoisotopic (exact) mass is 238 g/mol. The van der Waals surface area contributed by atoms with E-state index >= 15 is 0 Å². The molecule has 0 aromatic carbocycles. The molecule has 1 aromatic heterocycles. The number of aromatic carboxylic acids is 1. The summed E-state index contributed by atoms with van der Waals surface area (Å²) in [7, 11) is 0. The molecule has 0 radical (unpaired) electrons. The van der Waals surface area contributed by atoms with E-state index in [1.54, 1.807) is 0 Å². The van der Waals surface area contributed by atoms with Gasteiger partial charge >= 0.3 is 5.97 Å². The molecule has 0 spiro atoms. The van der Waals surface area contributed by atoms with E-state index < -0.39 is 5.97 Å². The van der Waals surface area contributed by atoms with Crippen LogP contribution >= 0.6 is 11.3 Å². The Labute approximate surface area is 97.7 Å². The predicted molar refractivity (Wildman–Crippen MR) is 60.9 cm³/mol. The lowest BCUT2D eigenvalue weighted by Gasteiger charge is -1.96. The van der Waals surface area contributed by atoms with E-state index in [0.29, 0.717) is 16.8 Å².